The van der Waals surface area contributed by atoms with Gasteiger partial charge in [0.05, 0.1) is 35.0 Å². The third-order valence-electron chi connectivity index (χ3n) is 5.93. The van der Waals surface area contributed by atoms with Gasteiger partial charge in [0.2, 0.25) is 0 Å². The van der Waals surface area contributed by atoms with Gasteiger partial charge in [-0.25, -0.2) is 9.37 Å². The van der Waals surface area contributed by atoms with E-state index >= 15 is 0 Å². The van der Waals surface area contributed by atoms with Crippen LogP contribution >= 0.6 is 11.3 Å². The zero-order valence-corrected chi connectivity index (χ0v) is 20.9. The Morgan fingerprint density at radius 3 is 2.30 bits per heavy atom. The summed E-state index contributed by atoms with van der Waals surface area (Å²) in [5, 5.41) is 11.5. The number of carbonyl (C=O) groups is 2. The molecule has 3 aromatic carbocycles. The molecule has 0 saturated carbocycles. The summed E-state index contributed by atoms with van der Waals surface area (Å²) in [6.07, 6.45) is 0. The van der Waals surface area contributed by atoms with E-state index in [0.717, 1.165) is 4.70 Å². The fraction of sp³-hybridized carbons (Fsp3) is 0.179. The summed E-state index contributed by atoms with van der Waals surface area (Å²) in [5.74, 6) is -1.24. The van der Waals surface area contributed by atoms with E-state index in [-0.39, 0.29) is 16.9 Å². The van der Waals surface area contributed by atoms with Crippen molar-refractivity contribution in [3.05, 3.63) is 89.2 Å². The molecule has 0 spiro atoms. The second-order valence-electron chi connectivity index (χ2n) is 8.24. The van der Waals surface area contributed by atoms with Gasteiger partial charge in [0.1, 0.15) is 23.1 Å². The highest BCUT2D eigenvalue weighted by atomic mass is 32.1. The molecule has 1 aromatic heterocycles. The zero-order valence-electron chi connectivity index (χ0n) is 20.1. The van der Waals surface area contributed by atoms with Gasteiger partial charge < -0.3 is 14.6 Å². The molecule has 2 heterocycles. The summed E-state index contributed by atoms with van der Waals surface area (Å²) in [5.41, 5.74) is 1.35. The molecule has 0 bridgehead atoms. The summed E-state index contributed by atoms with van der Waals surface area (Å²) in [4.78, 5) is 32.6. The molecular weight excluding hydrogens is 495 g/mol. The first-order chi connectivity index (χ1) is 17.9. The second-order valence-corrected chi connectivity index (χ2v) is 9.25. The Hall–Kier alpha value is -4.24. The number of thiazole rings is 1. The van der Waals surface area contributed by atoms with Gasteiger partial charge in [-0.1, -0.05) is 23.5 Å². The standard InChI is InChI=1S/C28H23FN2O5S/c1-3-35-19-11-7-16(8-12-19)24-23(25(32)17-5-9-18(29)10-6-17)26(33)27(34)31(24)28-30-21-14-13-20(36-4-2)15-22(21)37-28/h5-15,24,32H,3-4H2,1-2H3/b25-23+/t24-/m1/s1. The lowest BCUT2D eigenvalue weighted by Crippen LogP contribution is -2.29. The maximum Gasteiger partial charge on any atom is 0.301 e. The monoisotopic (exact) mass is 518 g/mol. The van der Waals surface area contributed by atoms with Crippen molar-refractivity contribution in [1.82, 2.24) is 4.98 Å². The number of hydrogen-bond acceptors (Lipinski definition) is 7. The Morgan fingerprint density at radius 1 is 0.973 bits per heavy atom. The molecule has 1 saturated heterocycles. The van der Waals surface area contributed by atoms with Crippen LogP contribution in [0.3, 0.4) is 0 Å². The van der Waals surface area contributed by atoms with Crippen LogP contribution in [0.2, 0.25) is 0 Å². The van der Waals surface area contributed by atoms with Crippen LogP contribution in [-0.4, -0.2) is 35.0 Å². The third-order valence-corrected chi connectivity index (χ3v) is 6.95. The van der Waals surface area contributed by atoms with Crippen LogP contribution in [0.1, 0.15) is 31.0 Å². The Bertz CT molecular complexity index is 1510. The van der Waals surface area contributed by atoms with Crippen molar-refractivity contribution in [3.8, 4) is 11.5 Å². The molecule has 188 valence electrons. The zero-order chi connectivity index (χ0) is 26.1. The summed E-state index contributed by atoms with van der Waals surface area (Å²) in [6, 6.07) is 16.5. The van der Waals surface area contributed by atoms with Gasteiger partial charge in [0, 0.05) is 5.56 Å². The molecule has 1 fully saturated rings. The molecule has 1 amide bonds. The van der Waals surface area contributed by atoms with Crippen LogP contribution in [-0.2, 0) is 9.59 Å². The molecule has 7 nitrogen and oxygen atoms in total. The van der Waals surface area contributed by atoms with Gasteiger partial charge in [0.25, 0.3) is 5.78 Å². The van der Waals surface area contributed by atoms with Gasteiger partial charge in [-0.05, 0) is 74.0 Å². The van der Waals surface area contributed by atoms with E-state index in [4.69, 9.17) is 9.47 Å². The van der Waals surface area contributed by atoms with Crippen LogP contribution in [0.5, 0.6) is 11.5 Å². The van der Waals surface area contributed by atoms with Crippen molar-refractivity contribution in [2.75, 3.05) is 18.1 Å². The molecule has 0 aliphatic carbocycles. The molecule has 0 radical (unpaired) electrons. The Balaban J connectivity index is 1.67. The van der Waals surface area contributed by atoms with E-state index in [1.807, 2.05) is 19.9 Å². The first-order valence-corrected chi connectivity index (χ1v) is 12.6. The summed E-state index contributed by atoms with van der Waals surface area (Å²) in [6.45, 7) is 4.75. The number of halogens is 1. The average Bonchev–Trinajstić information content (AvgIpc) is 3.43. The molecular formula is C28H23FN2O5S. The number of nitrogens with zero attached hydrogens (tertiary/aromatic N) is 2. The van der Waals surface area contributed by atoms with Crippen molar-refractivity contribution in [2.45, 2.75) is 19.9 Å². The SMILES string of the molecule is CCOc1ccc([C@@H]2/C(=C(\O)c3ccc(F)cc3)C(=O)C(=O)N2c2nc3ccc(OCC)cc3s2)cc1. The van der Waals surface area contributed by atoms with Crippen molar-refractivity contribution >= 4 is 44.1 Å². The average molecular weight is 519 g/mol. The van der Waals surface area contributed by atoms with E-state index < -0.39 is 23.5 Å². The maximum atomic E-state index is 13.5. The van der Waals surface area contributed by atoms with E-state index in [9.17, 15) is 19.1 Å². The van der Waals surface area contributed by atoms with Crippen LogP contribution in [0.15, 0.2) is 72.3 Å². The van der Waals surface area contributed by atoms with Gasteiger partial charge in [-0.3, -0.25) is 14.5 Å². The fourth-order valence-electron chi connectivity index (χ4n) is 4.27. The minimum atomic E-state index is -0.951. The number of ketones is 1. The van der Waals surface area contributed by atoms with Gasteiger partial charge in [-0.2, -0.15) is 0 Å². The number of Topliss-reactive ketones (excluding diaryl/α,β-unsaturated/α-hetero) is 1. The highest BCUT2D eigenvalue weighted by molar-refractivity contribution is 7.22. The van der Waals surface area contributed by atoms with E-state index in [1.54, 1.807) is 36.4 Å². The van der Waals surface area contributed by atoms with E-state index in [0.29, 0.717) is 40.9 Å². The van der Waals surface area contributed by atoms with Gasteiger partial charge in [-0.15, -0.1) is 0 Å². The number of benzene rings is 3. The quantitative estimate of drug-likeness (QED) is 0.187. The van der Waals surface area contributed by atoms with Crippen LogP contribution in [0, 0.1) is 5.82 Å². The fourth-order valence-corrected chi connectivity index (χ4v) is 5.29. The summed E-state index contributed by atoms with van der Waals surface area (Å²) in [7, 11) is 0. The minimum Gasteiger partial charge on any atom is -0.507 e. The maximum absolute atomic E-state index is 13.5. The molecule has 1 aliphatic heterocycles. The van der Waals surface area contributed by atoms with Crippen molar-refractivity contribution in [2.24, 2.45) is 0 Å². The lowest BCUT2D eigenvalue weighted by molar-refractivity contribution is -0.132. The second kappa shape index (κ2) is 10.0. The van der Waals surface area contributed by atoms with Crippen LogP contribution in [0.25, 0.3) is 16.0 Å². The molecule has 1 aliphatic rings. The predicted molar refractivity (Wildman–Crippen MR) is 140 cm³/mol. The Kier molecular flexibility index (Phi) is 6.62. The normalized spacial score (nSPS) is 16.9. The minimum absolute atomic E-state index is 0.102. The molecule has 5 rings (SSSR count). The third kappa shape index (κ3) is 4.53. The number of aromatic nitrogens is 1. The van der Waals surface area contributed by atoms with Crippen molar-refractivity contribution < 1.29 is 28.6 Å². The van der Waals surface area contributed by atoms with E-state index in [1.165, 1.54) is 40.5 Å². The molecule has 1 N–H and O–H groups in total. The number of hydrogen-bond donors (Lipinski definition) is 1. The highest BCUT2D eigenvalue weighted by Crippen LogP contribution is 2.44. The summed E-state index contributed by atoms with van der Waals surface area (Å²) >= 11 is 1.24. The van der Waals surface area contributed by atoms with Crippen molar-refractivity contribution in [3.63, 3.8) is 0 Å². The van der Waals surface area contributed by atoms with Crippen LogP contribution in [0.4, 0.5) is 9.52 Å². The number of anilines is 1. The largest absolute Gasteiger partial charge is 0.507 e. The molecule has 9 heteroatoms. The highest BCUT2D eigenvalue weighted by Gasteiger charge is 2.48. The Morgan fingerprint density at radius 2 is 1.62 bits per heavy atom. The lowest BCUT2D eigenvalue weighted by Gasteiger charge is -2.23. The number of aliphatic hydroxyl groups is 1. The van der Waals surface area contributed by atoms with E-state index in [2.05, 4.69) is 4.98 Å². The molecule has 1 atom stereocenters. The molecule has 0 unspecified atom stereocenters. The first-order valence-electron chi connectivity index (χ1n) is 11.7. The number of fused-ring (bicyclic) bond motifs is 1. The number of carbonyl (C=O) groups excluding carboxylic acids is 2. The molecule has 4 aromatic rings. The topological polar surface area (TPSA) is 89.0 Å². The number of ether oxygens (including phenoxy) is 2. The van der Waals surface area contributed by atoms with Crippen LogP contribution < -0.4 is 14.4 Å². The number of rotatable bonds is 7. The Labute approximate surface area is 216 Å². The first kappa shape index (κ1) is 24.5. The van der Waals surface area contributed by atoms with Crippen molar-refractivity contribution in [1.29, 1.82) is 0 Å². The predicted octanol–water partition coefficient (Wildman–Crippen LogP) is 5.86. The van der Waals surface area contributed by atoms with Gasteiger partial charge >= 0.3 is 5.91 Å². The lowest BCUT2D eigenvalue weighted by atomic mass is 9.95. The number of amides is 1. The smallest absolute Gasteiger partial charge is 0.301 e. The number of aliphatic hydroxyl groups excluding tert-OH is 1. The molecule has 37 heavy (non-hydrogen) atoms. The summed E-state index contributed by atoms with van der Waals surface area (Å²) < 4.78 is 25.4. The van der Waals surface area contributed by atoms with Gasteiger partial charge in [0.15, 0.2) is 5.13 Å².